The van der Waals surface area contributed by atoms with Crippen LogP contribution in [0.4, 0.5) is 0 Å². The quantitative estimate of drug-likeness (QED) is 0.674. The molecule has 0 aromatic carbocycles. The standard InChI is InChI=1S/C11H21NO/c1-4-9(2)13-11-7-5-10(12-3)6-8-11/h4,9-12H,1,5-8H2,2-3H3. The molecule has 1 rings (SSSR count). The highest BCUT2D eigenvalue weighted by atomic mass is 16.5. The average Bonchev–Trinajstić information content (AvgIpc) is 2.19. The summed E-state index contributed by atoms with van der Waals surface area (Å²) >= 11 is 0. The van der Waals surface area contributed by atoms with E-state index in [4.69, 9.17) is 4.74 Å². The van der Waals surface area contributed by atoms with Crippen LogP contribution in [0.5, 0.6) is 0 Å². The van der Waals surface area contributed by atoms with Crippen molar-refractivity contribution in [3.8, 4) is 0 Å². The van der Waals surface area contributed by atoms with Gasteiger partial charge in [-0.15, -0.1) is 6.58 Å². The maximum Gasteiger partial charge on any atom is 0.0728 e. The number of nitrogens with one attached hydrogen (secondary N) is 1. The van der Waals surface area contributed by atoms with Crippen molar-refractivity contribution in [3.63, 3.8) is 0 Å². The fraction of sp³-hybridized carbons (Fsp3) is 0.818. The Morgan fingerprint density at radius 2 is 2.00 bits per heavy atom. The molecule has 1 unspecified atom stereocenters. The normalized spacial score (nSPS) is 31.2. The maximum absolute atomic E-state index is 5.79. The summed E-state index contributed by atoms with van der Waals surface area (Å²) in [5.41, 5.74) is 0. The second-order valence-electron chi connectivity index (χ2n) is 3.84. The molecule has 13 heavy (non-hydrogen) atoms. The Labute approximate surface area is 81.4 Å². The zero-order valence-corrected chi connectivity index (χ0v) is 8.75. The highest BCUT2D eigenvalue weighted by Gasteiger charge is 2.21. The fourth-order valence-electron chi connectivity index (χ4n) is 1.85. The second-order valence-corrected chi connectivity index (χ2v) is 3.84. The molecular weight excluding hydrogens is 162 g/mol. The van der Waals surface area contributed by atoms with Gasteiger partial charge in [0, 0.05) is 6.04 Å². The summed E-state index contributed by atoms with van der Waals surface area (Å²) in [4.78, 5) is 0. The van der Waals surface area contributed by atoms with E-state index in [1.807, 2.05) is 13.1 Å². The zero-order valence-electron chi connectivity index (χ0n) is 8.75. The Morgan fingerprint density at radius 1 is 1.38 bits per heavy atom. The third kappa shape index (κ3) is 3.49. The van der Waals surface area contributed by atoms with Gasteiger partial charge in [0.05, 0.1) is 12.2 Å². The van der Waals surface area contributed by atoms with Gasteiger partial charge in [0.25, 0.3) is 0 Å². The molecule has 0 aromatic heterocycles. The number of hydrogen-bond acceptors (Lipinski definition) is 2. The first kappa shape index (κ1) is 10.7. The molecule has 1 saturated carbocycles. The zero-order chi connectivity index (χ0) is 9.68. The van der Waals surface area contributed by atoms with Crippen molar-refractivity contribution >= 4 is 0 Å². The molecule has 0 bridgehead atoms. The minimum atomic E-state index is 0.205. The van der Waals surface area contributed by atoms with Crippen molar-refractivity contribution in [2.45, 2.75) is 50.9 Å². The lowest BCUT2D eigenvalue weighted by Crippen LogP contribution is -2.33. The van der Waals surface area contributed by atoms with Crippen LogP contribution in [0, 0.1) is 0 Å². The lowest BCUT2D eigenvalue weighted by atomic mass is 9.93. The number of rotatable bonds is 4. The molecule has 0 heterocycles. The van der Waals surface area contributed by atoms with Crippen molar-refractivity contribution in [3.05, 3.63) is 12.7 Å². The van der Waals surface area contributed by atoms with Crippen molar-refractivity contribution in [1.29, 1.82) is 0 Å². The first-order valence-corrected chi connectivity index (χ1v) is 5.21. The van der Waals surface area contributed by atoms with Crippen LogP contribution in [-0.2, 0) is 4.74 Å². The molecule has 0 aliphatic heterocycles. The van der Waals surface area contributed by atoms with Crippen molar-refractivity contribution in [2.75, 3.05) is 7.05 Å². The molecule has 1 aliphatic rings. The highest BCUT2D eigenvalue weighted by Crippen LogP contribution is 2.22. The van der Waals surface area contributed by atoms with E-state index in [2.05, 4.69) is 18.8 Å². The molecule has 2 heteroatoms. The van der Waals surface area contributed by atoms with E-state index < -0.39 is 0 Å². The Hall–Kier alpha value is -0.340. The lowest BCUT2D eigenvalue weighted by molar-refractivity contribution is -0.00292. The topological polar surface area (TPSA) is 21.3 Å². The molecular formula is C11H21NO. The van der Waals surface area contributed by atoms with Gasteiger partial charge in [-0.2, -0.15) is 0 Å². The van der Waals surface area contributed by atoms with E-state index >= 15 is 0 Å². The van der Waals surface area contributed by atoms with Gasteiger partial charge in [-0.3, -0.25) is 0 Å². The van der Waals surface area contributed by atoms with Gasteiger partial charge in [0.15, 0.2) is 0 Å². The van der Waals surface area contributed by atoms with E-state index in [0.717, 1.165) is 0 Å². The van der Waals surface area contributed by atoms with Crippen LogP contribution in [0.15, 0.2) is 12.7 Å². The summed E-state index contributed by atoms with van der Waals surface area (Å²) in [6.45, 7) is 5.77. The first-order chi connectivity index (χ1) is 6.26. The summed E-state index contributed by atoms with van der Waals surface area (Å²) in [5, 5.41) is 3.32. The Bertz CT molecular complexity index is 150. The van der Waals surface area contributed by atoms with Crippen molar-refractivity contribution in [2.24, 2.45) is 0 Å². The minimum absolute atomic E-state index is 0.205. The third-order valence-electron chi connectivity index (χ3n) is 2.82. The minimum Gasteiger partial charge on any atom is -0.371 e. The molecule has 0 saturated heterocycles. The van der Waals surface area contributed by atoms with Crippen LogP contribution in [0.3, 0.4) is 0 Å². The molecule has 1 fully saturated rings. The van der Waals surface area contributed by atoms with Gasteiger partial charge in [0.1, 0.15) is 0 Å². The molecule has 2 nitrogen and oxygen atoms in total. The van der Waals surface area contributed by atoms with Crippen molar-refractivity contribution in [1.82, 2.24) is 5.32 Å². The molecule has 0 spiro atoms. The molecule has 0 amide bonds. The Balaban J connectivity index is 2.21. The van der Waals surface area contributed by atoms with Gasteiger partial charge in [-0.1, -0.05) is 6.08 Å². The molecule has 0 aromatic rings. The van der Waals surface area contributed by atoms with Gasteiger partial charge in [-0.05, 0) is 39.7 Å². The Kier molecular flexibility index (Phi) is 4.46. The van der Waals surface area contributed by atoms with Gasteiger partial charge in [-0.25, -0.2) is 0 Å². The summed E-state index contributed by atoms with van der Waals surface area (Å²) in [6.07, 6.45) is 7.38. The maximum atomic E-state index is 5.79. The molecule has 1 atom stereocenters. The van der Waals surface area contributed by atoms with Crippen LogP contribution >= 0.6 is 0 Å². The summed E-state index contributed by atoms with van der Waals surface area (Å²) in [5.74, 6) is 0. The van der Waals surface area contributed by atoms with E-state index in [1.165, 1.54) is 25.7 Å². The van der Waals surface area contributed by atoms with Gasteiger partial charge >= 0.3 is 0 Å². The number of ether oxygens (including phenoxy) is 1. The molecule has 1 N–H and O–H groups in total. The van der Waals surface area contributed by atoms with Crippen LogP contribution in [0.25, 0.3) is 0 Å². The van der Waals surface area contributed by atoms with Gasteiger partial charge < -0.3 is 10.1 Å². The van der Waals surface area contributed by atoms with Crippen LogP contribution < -0.4 is 5.32 Å². The second kappa shape index (κ2) is 5.40. The van der Waals surface area contributed by atoms with Crippen LogP contribution in [0.2, 0.25) is 0 Å². The summed E-state index contributed by atoms with van der Waals surface area (Å²) in [6, 6.07) is 0.707. The van der Waals surface area contributed by atoms with Crippen LogP contribution in [0.1, 0.15) is 32.6 Å². The largest absolute Gasteiger partial charge is 0.371 e. The predicted molar refractivity (Wildman–Crippen MR) is 55.8 cm³/mol. The van der Waals surface area contributed by atoms with E-state index in [9.17, 15) is 0 Å². The summed E-state index contributed by atoms with van der Waals surface area (Å²) < 4.78 is 5.79. The number of hydrogen-bond donors (Lipinski definition) is 1. The third-order valence-corrected chi connectivity index (χ3v) is 2.82. The SMILES string of the molecule is C=CC(C)OC1CCC(NC)CC1. The molecule has 0 radical (unpaired) electrons. The fourth-order valence-corrected chi connectivity index (χ4v) is 1.85. The lowest BCUT2D eigenvalue weighted by Gasteiger charge is -2.29. The highest BCUT2D eigenvalue weighted by molar-refractivity contribution is 4.81. The monoisotopic (exact) mass is 183 g/mol. The summed E-state index contributed by atoms with van der Waals surface area (Å²) in [7, 11) is 2.04. The van der Waals surface area contributed by atoms with E-state index in [0.29, 0.717) is 12.1 Å². The van der Waals surface area contributed by atoms with E-state index in [1.54, 1.807) is 0 Å². The van der Waals surface area contributed by atoms with Gasteiger partial charge in [0.2, 0.25) is 0 Å². The smallest absolute Gasteiger partial charge is 0.0728 e. The Morgan fingerprint density at radius 3 is 2.46 bits per heavy atom. The average molecular weight is 183 g/mol. The molecule has 76 valence electrons. The van der Waals surface area contributed by atoms with Crippen molar-refractivity contribution < 1.29 is 4.74 Å². The first-order valence-electron chi connectivity index (χ1n) is 5.21. The molecule has 1 aliphatic carbocycles. The van der Waals surface area contributed by atoms with Crippen LogP contribution in [-0.4, -0.2) is 25.3 Å². The predicted octanol–water partition coefficient (Wildman–Crippen LogP) is 2.11. The van der Waals surface area contributed by atoms with E-state index in [-0.39, 0.29) is 6.10 Å².